The first-order valence-electron chi connectivity index (χ1n) is 9.37. The maximum Gasteiger partial charge on any atom is 0.566 e. The van der Waals surface area contributed by atoms with Gasteiger partial charge in [0.15, 0.2) is 46.5 Å². The summed E-state index contributed by atoms with van der Waals surface area (Å²) in [5, 5.41) is 0. The highest BCUT2D eigenvalue weighted by atomic mass is 19.2. The van der Waals surface area contributed by atoms with Gasteiger partial charge in [0.2, 0.25) is 29.1 Å². The van der Waals surface area contributed by atoms with Crippen molar-refractivity contribution in [1.29, 1.82) is 0 Å². The molecule has 1 unspecified atom stereocenters. The second kappa shape index (κ2) is 9.11. The third-order valence-corrected chi connectivity index (χ3v) is 5.04. The van der Waals surface area contributed by atoms with Crippen molar-refractivity contribution in [2.75, 3.05) is 0 Å². The fraction of sp³-hybridized carbons (Fsp3) is 0.0476. The lowest BCUT2D eigenvalue weighted by molar-refractivity contribution is 0.184. The molecule has 0 N–H and O–H groups in total. The molecule has 0 spiro atoms. The molecular weight excluding hydrogens is 523 g/mol. The van der Waals surface area contributed by atoms with Crippen LogP contribution in [0, 0.1) is 58.2 Å². The molecule has 188 valence electrons. The number of hydrogen-bond acceptors (Lipinski definition) is 2. The Kier molecular flexibility index (Phi) is 6.45. The Morgan fingerprint density at radius 2 is 1.08 bits per heavy atom. The van der Waals surface area contributed by atoms with E-state index in [1.165, 1.54) is 0 Å². The zero-order valence-electron chi connectivity index (χ0n) is 16.8. The molecule has 15 heteroatoms. The van der Waals surface area contributed by atoms with Crippen LogP contribution in [0.25, 0.3) is 5.83 Å². The van der Waals surface area contributed by atoms with E-state index in [0.29, 0.717) is 18.2 Å². The van der Waals surface area contributed by atoms with E-state index in [2.05, 4.69) is 4.65 Å². The smallest absolute Gasteiger partial charge is 0.528 e. The van der Waals surface area contributed by atoms with Crippen molar-refractivity contribution in [2.24, 2.45) is 0 Å². The summed E-state index contributed by atoms with van der Waals surface area (Å²) in [6, 6.07) is 1.57. The van der Waals surface area contributed by atoms with Crippen LogP contribution < -0.4 is 10.1 Å². The van der Waals surface area contributed by atoms with Gasteiger partial charge in [-0.2, -0.15) is 8.78 Å². The molecule has 0 saturated carbocycles. The lowest BCUT2D eigenvalue weighted by Crippen LogP contribution is -2.44. The number of rotatable bonds is 5. The van der Waals surface area contributed by atoms with Gasteiger partial charge in [-0.05, 0) is 17.7 Å². The Bertz CT molecular complexity index is 1410. The third-order valence-electron chi connectivity index (χ3n) is 5.04. The normalized spacial score (nSPS) is 14.9. The van der Waals surface area contributed by atoms with Gasteiger partial charge >= 0.3 is 7.12 Å². The Labute approximate surface area is 192 Å². The molecule has 4 rings (SSSR count). The average Bonchev–Trinajstić information content (AvgIpc) is 3.09. The van der Waals surface area contributed by atoms with Crippen molar-refractivity contribution in [3.63, 3.8) is 0 Å². The van der Waals surface area contributed by atoms with Gasteiger partial charge in [-0.1, -0.05) is 12.1 Å². The summed E-state index contributed by atoms with van der Waals surface area (Å²) in [6.07, 6.45) is -2.48. The predicted octanol–water partition coefficient (Wildman–Crippen LogP) is 6.23. The summed E-state index contributed by atoms with van der Waals surface area (Å²) >= 11 is 0. The van der Waals surface area contributed by atoms with Crippen LogP contribution in [-0.2, 0) is 4.65 Å². The summed E-state index contributed by atoms with van der Waals surface area (Å²) in [6.45, 7) is 0. The van der Waals surface area contributed by atoms with Gasteiger partial charge in [0, 0.05) is 5.46 Å². The summed E-state index contributed by atoms with van der Waals surface area (Å²) in [5.74, 6) is -28.7. The van der Waals surface area contributed by atoms with Gasteiger partial charge in [0.1, 0.15) is 6.10 Å². The van der Waals surface area contributed by atoms with Gasteiger partial charge in [-0.3, -0.25) is 0 Å². The second-order valence-corrected chi connectivity index (χ2v) is 7.12. The lowest BCUT2D eigenvalue weighted by Gasteiger charge is -2.22. The predicted molar refractivity (Wildman–Crippen MR) is 97.9 cm³/mol. The number of hydrogen-bond donors (Lipinski definition) is 0. The largest absolute Gasteiger partial charge is 0.566 e. The first-order valence-corrected chi connectivity index (χ1v) is 9.37. The quantitative estimate of drug-likeness (QED) is 0.169. The maximum atomic E-state index is 14.6. The van der Waals surface area contributed by atoms with Gasteiger partial charge < -0.3 is 9.31 Å². The Hall–Kier alpha value is -3.62. The van der Waals surface area contributed by atoms with Crippen LogP contribution in [0.1, 0.15) is 17.2 Å². The zero-order valence-corrected chi connectivity index (χ0v) is 16.8. The molecule has 1 atom stereocenters. The highest BCUT2D eigenvalue weighted by molar-refractivity contribution is 6.62. The molecule has 0 radical (unpaired) electrons. The molecule has 0 fully saturated rings. The lowest BCUT2D eigenvalue weighted by atomic mass is 9.77. The van der Waals surface area contributed by atoms with Crippen LogP contribution in [0.3, 0.4) is 0 Å². The maximum absolute atomic E-state index is 14.6. The van der Waals surface area contributed by atoms with Crippen molar-refractivity contribution < 1.29 is 62.0 Å². The van der Waals surface area contributed by atoms with E-state index in [4.69, 9.17) is 4.65 Å². The molecule has 2 nitrogen and oxygen atoms in total. The fourth-order valence-corrected chi connectivity index (χ4v) is 3.32. The molecule has 1 aliphatic rings. The molecule has 0 aliphatic heterocycles. The summed E-state index contributed by atoms with van der Waals surface area (Å²) in [4.78, 5) is 0. The Balaban J connectivity index is 1.87. The molecule has 0 heterocycles. The zero-order chi connectivity index (χ0) is 26.6. The van der Waals surface area contributed by atoms with Crippen LogP contribution in [0.4, 0.5) is 52.7 Å². The van der Waals surface area contributed by atoms with E-state index in [1.54, 1.807) is 0 Å². The molecule has 1 aliphatic carbocycles. The first kappa shape index (κ1) is 25.5. The van der Waals surface area contributed by atoms with Crippen molar-refractivity contribution in [3.05, 3.63) is 99.4 Å². The van der Waals surface area contributed by atoms with Gasteiger partial charge in [0.05, 0.1) is 5.56 Å². The van der Waals surface area contributed by atoms with Crippen LogP contribution in [0.5, 0.6) is 5.75 Å². The Morgan fingerprint density at radius 3 is 1.69 bits per heavy atom. The summed E-state index contributed by atoms with van der Waals surface area (Å²) < 4.78 is 176. The van der Waals surface area contributed by atoms with Gasteiger partial charge in [0.25, 0.3) is 0 Å². The topological polar surface area (TPSA) is 18.5 Å². The van der Waals surface area contributed by atoms with Crippen LogP contribution >= 0.6 is 0 Å². The molecule has 0 bridgehead atoms. The second-order valence-electron chi connectivity index (χ2n) is 7.12. The van der Waals surface area contributed by atoms with E-state index in [9.17, 15) is 52.7 Å². The molecule has 0 amide bonds. The summed E-state index contributed by atoms with van der Waals surface area (Å²) in [7, 11) is -2.86. The number of fused-ring (bicyclic) bond motifs is 1. The molecular formula is C21H5BF12O2. The fourth-order valence-electron chi connectivity index (χ4n) is 3.32. The van der Waals surface area contributed by atoms with E-state index >= 15 is 0 Å². The molecule has 0 saturated heterocycles. The van der Waals surface area contributed by atoms with Crippen LogP contribution in [0.15, 0.2) is 30.1 Å². The summed E-state index contributed by atoms with van der Waals surface area (Å²) in [5.41, 5.74) is -3.42. The SMILES string of the molecule is FC1=C(F)C(OB(Oc2c(F)c(F)c(F)c(F)c2F)c2ccc(F)c(F)c2F)c2ccc(F)c(F)c21. The molecule has 0 aromatic heterocycles. The van der Waals surface area contributed by atoms with Crippen molar-refractivity contribution in [1.82, 2.24) is 0 Å². The van der Waals surface area contributed by atoms with Crippen molar-refractivity contribution >= 4 is 18.4 Å². The van der Waals surface area contributed by atoms with E-state index in [1.807, 2.05) is 0 Å². The van der Waals surface area contributed by atoms with E-state index in [0.717, 1.165) is 0 Å². The third kappa shape index (κ3) is 3.87. The highest BCUT2D eigenvalue weighted by Gasteiger charge is 2.43. The van der Waals surface area contributed by atoms with E-state index < -0.39 is 105 Å². The Morgan fingerprint density at radius 1 is 0.556 bits per heavy atom. The number of halogens is 12. The minimum atomic E-state index is -2.86. The van der Waals surface area contributed by atoms with Crippen molar-refractivity contribution in [3.8, 4) is 5.75 Å². The standard InChI is InChI=1S/C21H5BF12O2/c23-7-3-1-5-9(11(7)26)13(28)17(32)20(5)35-22(6-2-4-8(24)12(27)10(6)25)36-21-18(33)15(30)14(29)16(31)19(21)34/h1-4,20H. The minimum absolute atomic E-state index is 0.233. The van der Waals surface area contributed by atoms with Crippen LogP contribution in [0.2, 0.25) is 0 Å². The van der Waals surface area contributed by atoms with Crippen LogP contribution in [-0.4, -0.2) is 7.12 Å². The average molecular weight is 528 g/mol. The molecule has 3 aromatic rings. The van der Waals surface area contributed by atoms with Gasteiger partial charge in [-0.15, -0.1) is 0 Å². The number of benzene rings is 3. The van der Waals surface area contributed by atoms with Crippen molar-refractivity contribution in [2.45, 2.75) is 6.10 Å². The van der Waals surface area contributed by atoms with Gasteiger partial charge in [-0.25, -0.2) is 43.9 Å². The van der Waals surface area contributed by atoms with E-state index in [-0.39, 0.29) is 6.07 Å². The minimum Gasteiger partial charge on any atom is -0.528 e. The highest BCUT2D eigenvalue weighted by Crippen LogP contribution is 2.46. The monoisotopic (exact) mass is 528 g/mol. The first-order chi connectivity index (χ1) is 16.9. The molecule has 3 aromatic carbocycles. The molecule has 36 heavy (non-hydrogen) atoms.